The molecule has 0 saturated carbocycles. The number of anilines is 6. The van der Waals surface area contributed by atoms with Gasteiger partial charge in [-0.3, -0.25) is 0 Å². The third kappa shape index (κ3) is 2.72. The van der Waals surface area contributed by atoms with E-state index in [1.54, 1.807) is 0 Å². The predicted octanol–water partition coefficient (Wildman–Crippen LogP) is 7.08. The maximum absolute atomic E-state index is 2.42. The molecule has 0 saturated heterocycles. The summed E-state index contributed by atoms with van der Waals surface area (Å²) in [6, 6.07) is 35.3. The summed E-state index contributed by atoms with van der Waals surface area (Å²) in [5.74, 6) is 0. The van der Waals surface area contributed by atoms with Crippen molar-refractivity contribution in [2.75, 3.05) is 47.0 Å². The maximum atomic E-state index is 2.42. The van der Waals surface area contributed by atoms with Gasteiger partial charge in [0.25, 0.3) is 0 Å². The van der Waals surface area contributed by atoms with E-state index in [2.05, 4.69) is 131 Å². The van der Waals surface area contributed by atoms with E-state index in [1.165, 1.54) is 55.7 Å². The van der Waals surface area contributed by atoms with Gasteiger partial charge in [0, 0.05) is 36.2 Å². The number of hydrogen-bond donors (Lipinski definition) is 0. The molecule has 0 atom stereocenters. The Morgan fingerprint density at radius 2 is 0.971 bits per heavy atom. The van der Waals surface area contributed by atoms with Crippen molar-refractivity contribution in [1.29, 1.82) is 0 Å². The van der Waals surface area contributed by atoms with Gasteiger partial charge >= 0.3 is 0 Å². The van der Waals surface area contributed by atoms with Crippen LogP contribution in [0.5, 0.6) is 0 Å². The molecule has 0 bridgehead atoms. The van der Waals surface area contributed by atoms with Gasteiger partial charge < -0.3 is 19.6 Å². The third-order valence-electron chi connectivity index (χ3n) is 7.26. The Kier molecular flexibility index (Phi) is 4.06. The highest BCUT2D eigenvalue weighted by Crippen LogP contribution is 2.47. The molecule has 0 radical (unpaired) electrons. The highest BCUT2D eigenvalue weighted by molar-refractivity contribution is 6.05. The van der Waals surface area contributed by atoms with Gasteiger partial charge in [-0.15, -0.1) is 0 Å². The van der Waals surface area contributed by atoms with Gasteiger partial charge in [-0.2, -0.15) is 0 Å². The van der Waals surface area contributed by atoms with E-state index in [9.17, 15) is 0 Å². The first kappa shape index (κ1) is 19.3. The Morgan fingerprint density at radius 3 is 1.47 bits per heavy atom. The van der Waals surface area contributed by atoms with Crippen molar-refractivity contribution in [2.24, 2.45) is 0 Å². The van der Waals surface area contributed by atoms with Crippen molar-refractivity contribution < 1.29 is 0 Å². The second kappa shape index (κ2) is 7.16. The van der Waals surface area contributed by atoms with Crippen LogP contribution in [-0.4, -0.2) is 27.4 Å². The molecular weight excluding hydrogens is 416 g/mol. The molecule has 4 nitrogen and oxygen atoms in total. The lowest BCUT2D eigenvalue weighted by Crippen LogP contribution is -2.25. The molecular formula is C30H26N4. The molecule has 7 rings (SSSR count). The molecule has 5 aromatic carbocycles. The fourth-order valence-corrected chi connectivity index (χ4v) is 5.71. The zero-order valence-electron chi connectivity index (χ0n) is 19.4. The summed E-state index contributed by atoms with van der Waals surface area (Å²) in [5.41, 5.74) is 7.58. The van der Waals surface area contributed by atoms with Crippen LogP contribution in [0.15, 0.2) is 97.1 Å². The minimum atomic E-state index is 0.841. The normalized spacial score (nSPS) is 14.9. The van der Waals surface area contributed by atoms with E-state index in [0.29, 0.717) is 0 Å². The van der Waals surface area contributed by atoms with E-state index >= 15 is 0 Å². The standard InChI is InChI=1S/C30H26N4/c1-31-19-33(27-16-14-21-8-3-5-12-25(21)29(27)31)23-10-7-11-24(18-23)34-20-32(2)30-26-13-6-4-9-22(26)15-17-28(30)34/h3-18H,19-20H2,1-2H3. The van der Waals surface area contributed by atoms with Crippen LogP contribution in [0.25, 0.3) is 21.5 Å². The molecule has 0 amide bonds. The maximum Gasteiger partial charge on any atom is 0.0950 e. The predicted molar refractivity (Wildman–Crippen MR) is 145 cm³/mol. The minimum absolute atomic E-state index is 0.841. The topological polar surface area (TPSA) is 13.0 Å². The second-order valence-corrected chi connectivity index (χ2v) is 9.36. The lowest BCUT2D eigenvalue weighted by atomic mass is 10.1. The zero-order valence-corrected chi connectivity index (χ0v) is 19.4. The quantitative estimate of drug-likeness (QED) is 0.289. The summed E-state index contributed by atoms with van der Waals surface area (Å²) in [7, 11) is 4.37. The molecule has 0 unspecified atom stereocenters. The number of benzene rings is 5. The van der Waals surface area contributed by atoms with E-state index in [0.717, 1.165) is 13.3 Å². The highest BCUT2D eigenvalue weighted by atomic mass is 15.4. The van der Waals surface area contributed by atoms with Crippen LogP contribution >= 0.6 is 0 Å². The van der Waals surface area contributed by atoms with Crippen LogP contribution in [0, 0.1) is 0 Å². The molecule has 0 fully saturated rings. The fraction of sp³-hybridized carbons (Fsp3) is 0.133. The molecule has 34 heavy (non-hydrogen) atoms. The molecule has 0 aromatic heterocycles. The molecule has 0 aliphatic carbocycles. The largest absolute Gasteiger partial charge is 0.354 e. The molecule has 5 aromatic rings. The van der Waals surface area contributed by atoms with Crippen LogP contribution in [0.4, 0.5) is 34.1 Å². The zero-order chi connectivity index (χ0) is 22.8. The molecule has 0 N–H and O–H groups in total. The fourth-order valence-electron chi connectivity index (χ4n) is 5.71. The van der Waals surface area contributed by atoms with Gasteiger partial charge in [0.1, 0.15) is 0 Å². The van der Waals surface area contributed by atoms with Crippen LogP contribution in [0.2, 0.25) is 0 Å². The number of fused-ring (bicyclic) bond motifs is 6. The monoisotopic (exact) mass is 442 g/mol. The summed E-state index contributed by atoms with van der Waals surface area (Å²) in [6.45, 7) is 1.68. The van der Waals surface area contributed by atoms with Crippen LogP contribution in [0.1, 0.15) is 0 Å². The Bertz CT molecular complexity index is 1460. The van der Waals surface area contributed by atoms with Gasteiger partial charge in [-0.25, -0.2) is 0 Å². The van der Waals surface area contributed by atoms with E-state index in [4.69, 9.17) is 0 Å². The highest BCUT2D eigenvalue weighted by Gasteiger charge is 2.29. The van der Waals surface area contributed by atoms with Crippen molar-refractivity contribution in [2.45, 2.75) is 0 Å². The van der Waals surface area contributed by atoms with Crippen molar-refractivity contribution >= 4 is 55.7 Å². The molecule has 4 heteroatoms. The number of rotatable bonds is 2. The first-order chi connectivity index (χ1) is 16.7. The summed E-state index contributed by atoms with van der Waals surface area (Å²) in [6.07, 6.45) is 0. The number of hydrogen-bond acceptors (Lipinski definition) is 4. The second-order valence-electron chi connectivity index (χ2n) is 9.36. The van der Waals surface area contributed by atoms with Gasteiger partial charge in [0.2, 0.25) is 0 Å². The lowest BCUT2D eigenvalue weighted by Gasteiger charge is -2.24. The van der Waals surface area contributed by atoms with Crippen LogP contribution < -0.4 is 19.6 Å². The molecule has 2 heterocycles. The first-order valence-electron chi connectivity index (χ1n) is 11.8. The number of nitrogens with zero attached hydrogens (tertiary/aromatic N) is 4. The van der Waals surface area contributed by atoms with Crippen molar-refractivity contribution in [3.63, 3.8) is 0 Å². The molecule has 166 valence electrons. The summed E-state index contributed by atoms with van der Waals surface area (Å²) in [4.78, 5) is 9.56. The Morgan fingerprint density at radius 1 is 0.500 bits per heavy atom. The summed E-state index contributed by atoms with van der Waals surface area (Å²) < 4.78 is 0. The lowest BCUT2D eigenvalue weighted by molar-refractivity contribution is 0.941. The molecule has 2 aliphatic rings. The first-order valence-corrected chi connectivity index (χ1v) is 11.8. The van der Waals surface area contributed by atoms with Crippen LogP contribution in [0.3, 0.4) is 0 Å². The van der Waals surface area contributed by atoms with E-state index in [1.807, 2.05) is 0 Å². The van der Waals surface area contributed by atoms with Gasteiger partial charge in [0.05, 0.1) is 36.1 Å². The molecule has 2 aliphatic heterocycles. The smallest absolute Gasteiger partial charge is 0.0950 e. The van der Waals surface area contributed by atoms with Crippen molar-refractivity contribution in [3.8, 4) is 0 Å². The average molecular weight is 443 g/mol. The van der Waals surface area contributed by atoms with Crippen LogP contribution in [-0.2, 0) is 0 Å². The van der Waals surface area contributed by atoms with E-state index < -0.39 is 0 Å². The Balaban J connectivity index is 1.31. The Hall–Kier alpha value is -4.18. The molecule has 0 spiro atoms. The summed E-state index contributed by atoms with van der Waals surface area (Å²) in [5, 5.41) is 5.19. The van der Waals surface area contributed by atoms with Crippen molar-refractivity contribution in [1.82, 2.24) is 0 Å². The van der Waals surface area contributed by atoms with Gasteiger partial charge in [0.15, 0.2) is 0 Å². The third-order valence-corrected chi connectivity index (χ3v) is 7.26. The minimum Gasteiger partial charge on any atom is -0.354 e. The Labute approximate surface area is 199 Å². The SMILES string of the molecule is CN1CN(c2cccc(N3CN(C)c4c3ccc3ccccc43)c2)c2ccc3ccccc3c21. The average Bonchev–Trinajstić information content (AvgIpc) is 3.41. The van der Waals surface area contributed by atoms with E-state index in [-0.39, 0.29) is 0 Å². The van der Waals surface area contributed by atoms with Gasteiger partial charge in [-0.1, -0.05) is 66.7 Å². The van der Waals surface area contributed by atoms with Crippen molar-refractivity contribution in [3.05, 3.63) is 97.1 Å². The summed E-state index contributed by atoms with van der Waals surface area (Å²) >= 11 is 0. The van der Waals surface area contributed by atoms with Gasteiger partial charge in [-0.05, 0) is 41.1 Å².